The lowest BCUT2D eigenvalue weighted by Gasteiger charge is -1.93. The van der Waals surface area contributed by atoms with Crippen molar-refractivity contribution in [3.8, 4) is 0 Å². The van der Waals surface area contributed by atoms with Crippen molar-refractivity contribution in [3.63, 3.8) is 0 Å². The Bertz CT molecular complexity index is 110. The summed E-state index contributed by atoms with van der Waals surface area (Å²) < 4.78 is 0. The fraction of sp³-hybridized carbons (Fsp3) is 0.667. The zero-order valence-electron chi connectivity index (χ0n) is 7.25. The highest BCUT2D eigenvalue weighted by molar-refractivity contribution is 5.55. The molecule has 2 heteroatoms. The molecule has 11 heavy (non-hydrogen) atoms. The molecule has 0 saturated carbocycles. The molecular formula is C9H17NO. The van der Waals surface area contributed by atoms with Gasteiger partial charge in [-0.1, -0.05) is 17.7 Å². The van der Waals surface area contributed by atoms with E-state index >= 15 is 0 Å². The minimum atomic E-state index is 1.02. The molecule has 0 fully saturated rings. The quantitative estimate of drug-likeness (QED) is 0.240. The van der Waals surface area contributed by atoms with Crippen LogP contribution < -0.4 is 0 Å². The molecule has 0 rings (SSSR count). The van der Waals surface area contributed by atoms with E-state index in [4.69, 9.17) is 0 Å². The second-order valence-corrected chi connectivity index (χ2v) is 2.40. The van der Waals surface area contributed by atoms with Gasteiger partial charge in [-0.05, 0) is 25.7 Å². The van der Waals surface area contributed by atoms with Crippen LogP contribution in [0.2, 0.25) is 0 Å². The predicted octanol–water partition coefficient (Wildman–Crippen LogP) is 2.76. The number of allylic oxidation sites excluding steroid dienone is 1. The molecule has 0 aromatic heterocycles. The van der Waals surface area contributed by atoms with Crippen molar-refractivity contribution < 1.29 is 4.84 Å². The average Bonchev–Trinajstić information content (AvgIpc) is 2.03. The van der Waals surface area contributed by atoms with Gasteiger partial charge in [0, 0.05) is 6.21 Å². The third-order valence-electron chi connectivity index (χ3n) is 1.42. The molecule has 0 bridgehead atoms. The highest BCUT2D eigenvalue weighted by Crippen LogP contribution is 2.01. The Balaban J connectivity index is 2.90. The lowest BCUT2D eigenvalue weighted by atomic mass is 10.1. The van der Waals surface area contributed by atoms with Gasteiger partial charge in [-0.3, -0.25) is 0 Å². The van der Waals surface area contributed by atoms with E-state index in [1.54, 1.807) is 7.11 Å². The summed E-state index contributed by atoms with van der Waals surface area (Å²) >= 11 is 0. The van der Waals surface area contributed by atoms with Gasteiger partial charge in [0.2, 0.25) is 0 Å². The zero-order chi connectivity index (χ0) is 8.36. The van der Waals surface area contributed by atoms with Crippen LogP contribution in [0.5, 0.6) is 0 Å². The fourth-order valence-corrected chi connectivity index (χ4v) is 0.828. The first-order valence-electron chi connectivity index (χ1n) is 4.07. The lowest BCUT2D eigenvalue weighted by Crippen LogP contribution is -1.79. The van der Waals surface area contributed by atoms with Crippen LogP contribution in [0, 0.1) is 0 Å². The zero-order valence-corrected chi connectivity index (χ0v) is 7.25. The van der Waals surface area contributed by atoms with E-state index in [0.29, 0.717) is 0 Å². The third kappa shape index (κ3) is 9.21. The van der Waals surface area contributed by atoms with E-state index < -0.39 is 0 Å². The number of rotatable bonds is 7. The summed E-state index contributed by atoms with van der Waals surface area (Å²) in [6, 6.07) is 0. The first-order valence-corrected chi connectivity index (χ1v) is 4.07. The molecule has 64 valence electrons. The van der Waals surface area contributed by atoms with Gasteiger partial charge in [0.1, 0.15) is 7.11 Å². The van der Waals surface area contributed by atoms with E-state index in [9.17, 15) is 0 Å². The Morgan fingerprint density at radius 1 is 1.27 bits per heavy atom. The second kappa shape index (κ2) is 9.21. The Kier molecular flexibility index (Phi) is 8.55. The summed E-state index contributed by atoms with van der Waals surface area (Å²) in [6.45, 7) is 3.66. The number of hydrogen-bond donors (Lipinski definition) is 0. The summed E-state index contributed by atoms with van der Waals surface area (Å²) in [5.74, 6) is 0. The van der Waals surface area contributed by atoms with E-state index in [1.807, 2.05) is 12.3 Å². The van der Waals surface area contributed by atoms with Crippen molar-refractivity contribution in [1.82, 2.24) is 0 Å². The Hall–Kier alpha value is -0.790. The number of unbranched alkanes of at least 4 members (excludes halogenated alkanes) is 4. The van der Waals surface area contributed by atoms with E-state index in [1.165, 1.54) is 19.3 Å². The first kappa shape index (κ1) is 10.2. The molecule has 0 atom stereocenters. The molecular weight excluding hydrogens is 138 g/mol. The second-order valence-electron chi connectivity index (χ2n) is 2.40. The molecule has 2 nitrogen and oxygen atoms in total. The molecule has 0 aliphatic carbocycles. The van der Waals surface area contributed by atoms with Crippen LogP contribution in [0.15, 0.2) is 17.8 Å². The Labute approximate surface area is 68.9 Å². The average molecular weight is 155 g/mol. The van der Waals surface area contributed by atoms with E-state index in [0.717, 1.165) is 12.8 Å². The van der Waals surface area contributed by atoms with Gasteiger partial charge in [-0.2, -0.15) is 0 Å². The lowest BCUT2D eigenvalue weighted by molar-refractivity contribution is 0.214. The normalized spacial score (nSPS) is 10.3. The monoisotopic (exact) mass is 155 g/mol. The Morgan fingerprint density at radius 2 is 2.00 bits per heavy atom. The van der Waals surface area contributed by atoms with E-state index in [-0.39, 0.29) is 0 Å². The highest BCUT2D eigenvalue weighted by Gasteiger charge is 1.84. The molecule has 0 amide bonds. The van der Waals surface area contributed by atoms with Crippen LogP contribution in [0.3, 0.4) is 0 Å². The molecule has 0 N–H and O–H groups in total. The minimum Gasteiger partial charge on any atom is -0.399 e. The van der Waals surface area contributed by atoms with Crippen LogP contribution in [-0.4, -0.2) is 13.3 Å². The van der Waals surface area contributed by atoms with E-state index in [2.05, 4.69) is 16.6 Å². The van der Waals surface area contributed by atoms with Crippen molar-refractivity contribution in [1.29, 1.82) is 0 Å². The van der Waals surface area contributed by atoms with Crippen LogP contribution >= 0.6 is 0 Å². The van der Waals surface area contributed by atoms with Gasteiger partial charge in [0.15, 0.2) is 0 Å². The van der Waals surface area contributed by atoms with Crippen LogP contribution in [0.4, 0.5) is 0 Å². The minimum absolute atomic E-state index is 1.02. The van der Waals surface area contributed by atoms with Gasteiger partial charge in [-0.25, -0.2) is 0 Å². The first-order chi connectivity index (χ1) is 5.41. The molecule has 0 aromatic rings. The molecule has 0 aromatic carbocycles. The summed E-state index contributed by atoms with van der Waals surface area (Å²) in [5.41, 5.74) is 0. The van der Waals surface area contributed by atoms with Crippen LogP contribution in [-0.2, 0) is 4.84 Å². The number of nitrogens with zero attached hydrogens (tertiary/aromatic N) is 1. The van der Waals surface area contributed by atoms with Gasteiger partial charge in [-0.15, -0.1) is 6.58 Å². The largest absolute Gasteiger partial charge is 0.399 e. The maximum absolute atomic E-state index is 4.52. The SMILES string of the molecule is C=CCCCCC/C=N\OC. The summed E-state index contributed by atoms with van der Waals surface area (Å²) in [5, 5.41) is 3.64. The third-order valence-corrected chi connectivity index (χ3v) is 1.42. The van der Waals surface area contributed by atoms with Crippen molar-refractivity contribution in [3.05, 3.63) is 12.7 Å². The van der Waals surface area contributed by atoms with Crippen molar-refractivity contribution in [2.45, 2.75) is 32.1 Å². The molecule has 0 aliphatic rings. The number of hydrogen-bond acceptors (Lipinski definition) is 2. The molecule has 0 aliphatic heterocycles. The van der Waals surface area contributed by atoms with Gasteiger partial charge < -0.3 is 4.84 Å². The number of oxime groups is 1. The maximum atomic E-state index is 4.52. The highest BCUT2D eigenvalue weighted by atomic mass is 16.6. The fourth-order valence-electron chi connectivity index (χ4n) is 0.828. The molecule has 0 spiro atoms. The summed E-state index contributed by atoms with van der Waals surface area (Å²) in [7, 11) is 1.56. The molecule has 0 saturated heterocycles. The molecule has 0 heterocycles. The Morgan fingerprint density at radius 3 is 2.64 bits per heavy atom. The molecule has 0 radical (unpaired) electrons. The van der Waals surface area contributed by atoms with Gasteiger partial charge in [0.05, 0.1) is 0 Å². The van der Waals surface area contributed by atoms with Crippen molar-refractivity contribution in [2.75, 3.05) is 7.11 Å². The van der Waals surface area contributed by atoms with Gasteiger partial charge in [0.25, 0.3) is 0 Å². The van der Waals surface area contributed by atoms with Crippen molar-refractivity contribution in [2.24, 2.45) is 5.16 Å². The molecule has 0 unspecified atom stereocenters. The van der Waals surface area contributed by atoms with Crippen molar-refractivity contribution >= 4 is 6.21 Å². The topological polar surface area (TPSA) is 21.6 Å². The predicted molar refractivity (Wildman–Crippen MR) is 48.8 cm³/mol. The van der Waals surface area contributed by atoms with Gasteiger partial charge >= 0.3 is 0 Å². The van der Waals surface area contributed by atoms with Crippen LogP contribution in [0.25, 0.3) is 0 Å². The maximum Gasteiger partial charge on any atom is 0.106 e. The smallest absolute Gasteiger partial charge is 0.106 e. The summed E-state index contributed by atoms with van der Waals surface area (Å²) in [6.07, 6.45) is 9.61. The summed E-state index contributed by atoms with van der Waals surface area (Å²) in [4.78, 5) is 4.52. The van der Waals surface area contributed by atoms with Crippen LogP contribution in [0.1, 0.15) is 32.1 Å². The standard InChI is InChI=1S/C9H17NO/c1-3-4-5-6-7-8-9-10-11-2/h3,9H,1,4-8H2,2H3/b10-9-.